The number of anilines is 2. The number of phenols is 1. The van der Waals surface area contributed by atoms with Gasteiger partial charge in [0.2, 0.25) is 0 Å². The van der Waals surface area contributed by atoms with Crippen molar-refractivity contribution < 1.29 is 37.7 Å². The van der Waals surface area contributed by atoms with Crippen LogP contribution >= 0.6 is 0 Å². The fourth-order valence-electron chi connectivity index (χ4n) is 5.27. The Hall–Kier alpha value is -5.06. The minimum absolute atomic E-state index is 0.0364. The van der Waals surface area contributed by atoms with Crippen molar-refractivity contribution >= 4 is 34.5 Å². The number of rotatable bonds is 6. The summed E-state index contributed by atoms with van der Waals surface area (Å²) in [4.78, 5) is 27.5. The van der Waals surface area contributed by atoms with Gasteiger partial charge >= 0.3 is 12.1 Å². The van der Waals surface area contributed by atoms with Crippen LogP contribution in [0.4, 0.5) is 24.5 Å². The Morgan fingerprint density at radius 1 is 1.07 bits per heavy atom. The molecule has 1 atom stereocenters. The third-order valence-electron chi connectivity index (χ3n) is 7.28. The van der Waals surface area contributed by atoms with E-state index in [4.69, 9.17) is 4.74 Å². The van der Waals surface area contributed by atoms with Gasteiger partial charge in [-0.3, -0.25) is 15.1 Å². The van der Waals surface area contributed by atoms with Gasteiger partial charge in [0.25, 0.3) is 5.91 Å². The number of hydrazone groups is 1. The Kier molecular flexibility index (Phi) is 7.05. The molecule has 1 aliphatic carbocycles. The minimum atomic E-state index is -4.67. The normalized spacial score (nSPS) is 19.1. The first-order chi connectivity index (χ1) is 19.9. The molecule has 0 saturated carbocycles. The number of hydrogen-bond acceptors (Lipinski definition) is 6. The first-order valence-electron chi connectivity index (χ1n) is 12.8. The number of halogens is 3. The number of carbonyl (C=O) groups is 2. The average molecular weight is 578 g/mol. The summed E-state index contributed by atoms with van der Waals surface area (Å²) in [6.07, 6.45) is -0.275. The molecule has 0 radical (unpaired) electrons. The van der Waals surface area contributed by atoms with Gasteiger partial charge in [-0.1, -0.05) is 30.4 Å². The van der Waals surface area contributed by atoms with E-state index < -0.39 is 29.2 Å². The maximum absolute atomic E-state index is 13.8. The summed E-state index contributed by atoms with van der Waals surface area (Å²) in [6.45, 7) is 3.50. The molecule has 1 amide bonds. The molecule has 11 heteroatoms. The summed E-state index contributed by atoms with van der Waals surface area (Å²) in [7, 11) is 1.50. The maximum atomic E-state index is 13.8. The predicted octanol–water partition coefficient (Wildman–Crippen LogP) is 5.88. The molecule has 0 saturated heterocycles. The Morgan fingerprint density at radius 2 is 1.76 bits per heavy atom. The van der Waals surface area contributed by atoms with E-state index in [1.807, 2.05) is 0 Å². The van der Waals surface area contributed by atoms with E-state index in [2.05, 4.69) is 10.5 Å². The first-order valence-corrected chi connectivity index (χ1v) is 12.8. The van der Waals surface area contributed by atoms with Crippen molar-refractivity contribution in [3.05, 3.63) is 101 Å². The molecule has 0 fully saturated rings. The molecule has 1 heterocycles. The van der Waals surface area contributed by atoms with Gasteiger partial charge in [-0.25, -0.2) is 4.79 Å². The van der Waals surface area contributed by atoms with Crippen molar-refractivity contribution in [3.8, 4) is 11.5 Å². The highest BCUT2D eigenvalue weighted by Gasteiger charge is 2.42. The zero-order chi connectivity index (χ0) is 30.4. The first kappa shape index (κ1) is 28.5. The third-order valence-corrected chi connectivity index (χ3v) is 7.28. The third kappa shape index (κ3) is 4.87. The number of carboxylic acids is 1. The zero-order valence-electron chi connectivity index (χ0n) is 22.8. The van der Waals surface area contributed by atoms with E-state index in [0.717, 1.165) is 23.1 Å². The number of allylic oxidation sites excluding steroid dienone is 2. The van der Waals surface area contributed by atoms with Crippen LogP contribution in [0.5, 0.6) is 11.5 Å². The van der Waals surface area contributed by atoms with Gasteiger partial charge in [0.05, 0.1) is 24.0 Å². The van der Waals surface area contributed by atoms with E-state index in [9.17, 15) is 33.0 Å². The number of carbonyl (C=O) groups excluding carboxylic acids is 1. The molecule has 1 aliphatic heterocycles. The van der Waals surface area contributed by atoms with Gasteiger partial charge in [0.1, 0.15) is 11.5 Å². The van der Waals surface area contributed by atoms with E-state index in [0.29, 0.717) is 33.7 Å². The Labute approximate surface area is 239 Å². The van der Waals surface area contributed by atoms with Gasteiger partial charge in [0, 0.05) is 17.5 Å². The number of hydrogen-bond donors (Lipinski definition) is 3. The van der Waals surface area contributed by atoms with Crippen molar-refractivity contribution in [1.82, 2.24) is 5.43 Å². The topological polar surface area (TPSA) is 111 Å². The summed E-state index contributed by atoms with van der Waals surface area (Å²) >= 11 is 0. The molecule has 1 unspecified atom stereocenters. The number of benzene rings is 3. The lowest BCUT2D eigenvalue weighted by Gasteiger charge is -2.29. The van der Waals surface area contributed by atoms with Crippen LogP contribution in [0.1, 0.15) is 34.2 Å². The predicted molar refractivity (Wildman–Crippen MR) is 151 cm³/mol. The second-order valence-corrected chi connectivity index (χ2v) is 10.1. The molecule has 0 aromatic heterocycles. The number of amides is 1. The number of nitrogens with zero attached hydrogens (tertiary/aromatic N) is 2. The average Bonchev–Trinajstić information content (AvgIpc) is 3.21. The molecular formula is C31H26F3N3O5. The summed E-state index contributed by atoms with van der Waals surface area (Å²) < 4.78 is 46.4. The molecule has 3 N–H and O–H groups in total. The number of fused-ring (bicyclic) bond motifs is 1. The van der Waals surface area contributed by atoms with Crippen molar-refractivity contribution in [2.75, 3.05) is 12.0 Å². The number of alkyl halides is 3. The monoisotopic (exact) mass is 577 g/mol. The Balaban J connectivity index is 1.59. The number of para-hydroxylation sites is 1. The number of nitrogens with one attached hydrogen (secondary N) is 1. The fraction of sp³-hybridized carbons (Fsp3) is 0.194. The lowest BCUT2D eigenvalue weighted by molar-refractivity contribution is -0.142. The Morgan fingerprint density at radius 3 is 2.38 bits per heavy atom. The standard InChI is InChI=1S/C31H26F3N3O5/c1-17-13-21(14-18(2)27(17)42-3)37-24-15-20(31(32,33)34)10-11-23(24)26(28(37)39)35-36-30(29(40)41)12-6-7-19(16-30)22-8-4-5-9-25(22)38/h4-15,36,38H,16H2,1-3H3,(H,40,41)/b35-26-. The number of carboxylic acid groups (broad SMARTS) is 1. The van der Waals surface area contributed by atoms with Crippen LogP contribution in [0.3, 0.4) is 0 Å². The van der Waals surface area contributed by atoms with Crippen LogP contribution < -0.4 is 15.1 Å². The molecule has 3 aromatic rings. The van der Waals surface area contributed by atoms with Gasteiger partial charge < -0.3 is 14.9 Å². The van der Waals surface area contributed by atoms with E-state index >= 15 is 0 Å². The molecule has 3 aromatic carbocycles. The van der Waals surface area contributed by atoms with Gasteiger partial charge in [-0.15, -0.1) is 0 Å². The van der Waals surface area contributed by atoms with E-state index in [1.165, 1.54) is 25.3 Å². The van der Waals surface area contributed by atoms with Crippen molar-refractivity contribution in [2.24, 2.45) is 5.10 Å². The molecule has 2 aliphatic rings. The number of aromatic hydroxyl groups is 1. The SMILES string of the molecule is COc1c(C)cc(N2C(=O)/C(=N\NC3(C(=O)O)C=CC=C(c4ccccc4O)C3)c3ccc(C(F)(F)F)cc32)cc1C. The minimum Gasteiger partial charge on any atom is -0.507 e. The van der Waals surface area contributed by atoms with E-state index in [1.54, 1.807) is 50.3 Å². The number of aryl methyl sites for hydroxylation is 2. The highest BCUT2D eigenvalue weighted by Crippen LogP contribution is 2.42. The number of methoxy groups -OCH3 is 1. The summed E-state index contributed by atoms with van der Waals surface area (Å²) in [5, 5.41) is 24.7. The van der Waals surface area contributed by atoms with Crippen molar-refractivity contribution in [1.29, 1.82) is 0 Å². The van der Waals surface area contributed by atoms with Gasteiger partial charge in [-0.05, 0) is 73.0 Å². The second kappa shape index (κ2) is 10.4. The van der Waals surface area contributed by atoms with E-state index in [-0.39, 0.29) is 29.1 Å². The molecule has 8 nitrogen and oxygen atoms in total. The highest BCUT2D eigenvalue weighted by molar-refractivity contribution is 6.55. The van der Waals surface area contributed by atoms with Crippen LogP contribution in [-0.4, -0.2) is 40.4 Å². The maximum Gasteiger partial charge on any atom is 0.416 e. The molecule has 0 spiro atoms. The van der Waals surface area contributed by atoms with Crippen LogP contribution in [0.2, 0.25) is 0 Å². The molecule has 216 valence electrons. The lowest BCUT2D eigenvalue weighted by Crippen LogP contribution is -2.49. The van der Waals surface area contributed by atoms with Gasteiger partial charge in [0.15, 0.2) is 11.3 Å². The number of phenolic OH excluding ortho intramolecular Hbond substituents is 1. The molecular weight excluding hydrogens is 551 g/mol. The quantitative estimate of drug-likeness (QED) is 0.316. The Bertz CT molecular complexity index is 1690. The zero-order valence-corrected chi connectivity index (χ0v) is 22.8. The molecule has 5 rings (SSSR count). The van der Waals surface area contributed by atoms with Crippen LogP contribution in [0, 0.1) is 13.8 Å². The van der Waals surface area contributed by atoms with Crippen LogP contribution in [0.25, 0.3) is 5.57 Å². The second-order valence-electron chi connectivity index (χ2n) is 10.1. The highest BCUT2D eigenvalue weighted by atomic mass is 19.4. The molecule has 42 heavy (non-hydrogen) atoms. The van der Waals surface area contributed by atoms with Crippen molar-refractivity contribution in [2.45, 2.75) is 32.0 Å². The van der Waals surface area contributed by atoms with Crippen LogP contribution in [0.15, 0.2) is 77.9 Å². The lowest BCUT2D eigenvalue weighted by atomic mass is 9.84. The number of aliphatic carboxylic acids is 1. The number of ether oxygens (including phenoxy) is 1. The van der Waals surface area contributed by atoms with Crippen molar-refractivity contribution in [3.63, 3.8) is 0 Å². The van der Waals surface area contributed by atoms with Crippen LogP contribution in [-0.2, 0) is 15.8 Å². The summed E-state index contributed by atoms with van der Waals surface area (Å²) in [5.41, 5.74) is 2.22. The van der Waals surface area contributed by atoms with Gasteiger partial charge in [-0.2, -0.15) is 18.3 Å². The summed E-state index contributed by atoms with van der Waals surface area (Å²) in [6, 6.07) is 12.6. The largest absolute Gasteiger partial charge is 0.507 e. The summed E-state index contributed by atoms with van der Waals surface area (Å²) in [5.74, 6) is -1.50. The smallest absolute Gasteiger partial charge is 0.416 e. The fourth-order valence-corrected chi connectivity index (χ4v) is 5.27. The molecule has 0 bridgehead atoms.